The van der Waals surface area contributed by atoms with Crippen LogP contribution in [0.15, 0.2) is 36.8 Å². The summed E-state index contributed by atoms with van der Waals surface area (Å²) in [6.07, 6.45) is 0.307. The minimum Gasteiger partial charge on any atom is -0.398 e. The van der Waals surface area contributed by atoms with E-state index in [1.54, 1.807) is 17.1 Å². The second-order valence-electron chi connectivity index (χ2n) is 5.19. The lowest BCUT2D eigenvalue weighted by Crippen LogP contribution is -2.41. The highest BCUT2D eigenvalue weighted by atomic mass is 28.4. The van der Waals surface area contributed by atoms with Crippen LogP contribution in [0.25, 0.3) is 0 Å². The monoisotopic (exact) mass is 312 g/mol. The molecule has 2 heterocycles. The normalized spacial score (nSPS) is 25.1. The number of ether oxygens (including phenoxy) is 4. The van der Waals surface area contributed by atoms with E-state index in [0.29, 0.717) is 26.4 Å². The van der Waals surface area contributed by atoms with Gasteiger partial charge in [-0.1, -0.05) is 17.1 Å². The molecule has 2 rings (SSSR count). The number of rotatable bonds is 13. The van der Waals surface area contributed by atoms with Gasteiger partial charge in [-0.25, -0.2) is 0 Å². The molecule has 6 heteroatoms. The first-order valence-corrected chi connectivity index (χ1v) is 9.32. The van der Waals surface area contributed by atoms with Crippen molar-refractivity contribution in [2.24, 2.45) is 0 Å². The number of hydrogen-bond donors (Lipinski definition) is 0. The summed E-state index contributed by atoms with van der Waals surface area (Å²) in [7, 11) is -2.33. The summed E-state index contributed by atoms with van der Waals surface area (Å²) in [6, 6.07) is 0. The zero-order chi connectivity index (χ0) is 15.1. The van der Waals surface area contributed by atoms with Crippen LogP contribution in [0.1, 0.15) is 0 Å². The fraction of sp³-hybridized carbons (Fsp3) is 0.600. The molecule has 0 aromatic rings. The molecule has 0 aromatic heterocycles. The first-order chi connectivity index (χ1) is 10.2. The molecular formula is C15H24O5Si. The van der Waals surface area contributed by atoms with E-state index in [0.717, 1.165) is 13.2 Å². The van der Waals surface area contributed by atoms with Crippen molar-refractivity contribution >= 4 is 8.32 Å². The molecular weight excluding hydrogens is 288 g/mol. The summed E-state index contributed by atoms with van der Waals surface area (Å²) in [5.41, 5.74) is 5.40. The maximum Gasteiger partial charge on any atom is 0.265 e. The molecule has 2 aliphatic rings. The van der Waals surface area contributed by atoms with Gasteiger partial charge < -0.3 is 23.4 Å². The Morgan fingerprint density at radius 3 is 1.71 bits per heavy atom. The van der Waals surface area contributed by atoms with Gasteiger partial charge in [0, 0.05) is 0 Å². The highest BCUT2D eigenvalue weighted by Gasteiger charge is 2.30. The van der Waals surface area contributed by atoms with E-state index in [2.05, 4.69) is 19.7 Å². The molecule has 0 aliphatic carbocycles. The van der Waals surface area contributed by atoms with Crippen LogP contribution in [0.3, 0.4) is 0 Å². The third-order valence-corrected chi connectivity index (χ3v) is 6.00. The highest BCUT2D eigenvalue weighted by Crippen LogP contribution is 2.16. The Morgan fingerprint density at radius 1 is 0.952 bits per heavy atom. The Kier molecular flexibility index (Phi) is 6.34. The summed E-state index contributed by atoms with van der Waals surface area (Å²) in [4.78, 5) is 0. The maximum atomic E-state index is 6.14. The second-order valence-corrected chi connectivity index (χ2v) is 8.36. The van der Waals surface area contributed by atoms with Crippen LogP contribution in [0, 0.1) is 0 Å². The summed E-state index contributed by atoms with van der Waals surface area (Å²) in [5.74, 6) is 0. The molecule has 0 amide bonds. The molecule has 0 N–H and O–H groups in total. The minimum atomic E-state index is -2.33. The molecule has 0 aromatic carbocycles. The van der Waals surface area contributed by atoms with Crippen molar-refractivity contribution in [3.8, 4) is 0 Å². The molecule has 2 aliphatic heterocycles. The Labute approximate surface area is 127 Å². The molecule has 0 spiro atoms. The smallest absolute Gasteiger partial charge is 0.265 e. The zero-order valence-electron chi connectivity index (χ0n) is 12.4. The third kappa shape index (κ3) is 5.86. The van der Waals surface area contributed by atoms with Gasteiger partial charge in [0.05, 0.1) is 45.7 Å². The van der Waals surface area contributed by atoms with Crippen molar-refractivity contribution < 1.29 is 23.4 Å². The summed E-state index contributed by atoms with van der Waals surface area (Å²) >= 11 is 0. The summed E-state index contributed by atoms with van der Waals surface area (Å²) in [5, 5.41) is 0. The van der Waals surface area contributed by atoms with Crippen molar-refractivity contribution in [1.82, 2.24) is 0 Å². The number of hydrogen-bond acceptors (Lipinski definition) is 5. The van der Waals surface area contributed by atoms with Crippen LogP contribution in [0.4, 0.5) is 0 Å². The first-order valence-electron chi connectivity index (χ1n) is 7.18. The average molecular weight is 312 g/mol. The van der Waals surface area contributed by atoms with E-state index in [4.69, 9.17) is 23.4 Å². The van der Waals surface area contributed by atoms with Crippen molar-refractivity contribution in [1.29, 1.82) is 0 Å². The Hall–Kier alpha value is -0.763. The van der Waals surface area contributed by atoms with Crippen molar-refractivity contribution in [3.05, 3.63) is 36.8 Å². The molecule has 0 saturated carbocycles. The van der Waals surface area contributed by atoms with E-state index < -0.39 is 8.32 Å². The van der Waals surface area contributed by atoms with Gasteiger partial charge in [0.15, 0.2) is 0 Å². The molecule has 2 saturated heterocycles. The summed E-state index contributed by atoms with van der Waals surface area (Å²) < 4.78 is 27.6. The molecule has 0 bridgehead atoms. The van der Waals surface area contributed by atoms with E-state index >= 15 is 0 Å². The van der Waals surface area contributed by atoms with Crippen molar-refractivity contribution in [2.75, 3.05) is 39.6 Å². The average Bonchev–Trinajstić information content (AvgIpc) is 3.38. The first kappa shape index (κ1) is 16.6. The fourth-order valence-corrected chi connectivity index (χ4v) is 3.29. The lowest BCUT2D eigenvalue weighted by atomic mass is 10.4. The predicted molar refractivity (Wildman–Crippen MR) is 82.3 cm³/mol. The third-order valence-electron chi connectivity index (χ3n) is 3.35. The van der Waals surface area contributed by atoms with Crippen molar-refractivity contribution in [2.45, 2.75) is 18.3 Å². The van der Waals surface area contributed by atoms with E-state index in [1.807, 2.05) is 0 Å². The van der Waals surface area contributed by atoms with Crippen LogP contribution >= 0.6 is 0 Å². The van der Waals surface area contributed by atoms with Crippen LogP contribution in [-0.4, -0.2) is 66.3 Å². The van der Waals surface area contributed by atoms with Crippen LogP contribution < -0.4 is 0 Å². The minimum absolute atomic E-state index is 0.178. The SMILES string of the molecule is C=C[Si](C=C)(C=C)OC(COCC1CO1)COCC1CO1. The zero-order valence-corrected chi connectivity index (χ0v) is 13.4. The Balaban J connectivity index is 1.79. The Bertz CT molecular complexity index is 325. The molecule has 2 fully saturated rings. The van der Waals surface area contributed by atoms with Crippen LogP contribution in [0.5, 0.6) is 0 Å². The quantitative estimate of drug-likeness (QED) is 0.379. The summed E-state index contributed by atoms with van der Waals surface area (Å²) in [6.45, 7) is 15.2. The highest BCUT2D eigenvalue weighted by molar-refractivity contribution is 6.87. The lowest BCUT2D eigenvalue weighted by Gasteiger charge is -2.27. The predicted octanol–water partition coefficient (Wildman–Crippen LogP) is 1.32. The topological polar surface area (TPSA) is 52.8 Å². The van der Waals surface area contributed by atoms with Crippen molar-refractivity contribution in [3.63, 3.8) is 0 Å². The second kappa shape index (κ2) is 8.02. The van der Waals surface area contributed by atoms with Crippen LogP contribution in [-0.2, 0) is 23.4 Å². The fourth-order valence-electron chi connectivity index (χ4n) is 1.79. The van der Waals surface area contributed by atoms with E-state index in [1.165, 1.54) is 0 Å². The molecule has 5 nitrogen and oxygen atoms in total. The van der Waals surface area contributed by atoms with E-state index in [-0.39, 0.29) is 18.3 Å². The van der Waals surface area contributed by atoms with Gasteiger partial charge in [-0.05, 0) is 0 Å². The standard InChI is InChI=1S/C15H24O5Si/c1-4-21(5-2,6-3)20-15(9-16-7-13-11-18-13)10-17-8-14-12-19-14/h4-6,13-15H,1-3,7-12H2. The number of epoxide rings is 2. The van der Waals surface area contributed by atoms with Gasteiger partial charge in [-0.2, -0.15) is 0 Å². The molecule has 0 radical (unpaired) electrons. The van der Waals surface area contributed by atoms with Gasteiger partial charge in [0.2, 0.25) is 0 Å². The van der Waals surface area contributed by atoms with Crippen LogP contribution in [0.2, 0.25) is 0 Å². The molecule has 2 unspecified atom stereocenters. The van der Waals surface area contributed by atoms with Gasteiger partial charge in [-0.15, -0.1) is 19.7 Å². The van der Waals surface area contributed by atoms with Gasteiger partial charge in [-0.3, -0.25) is 0 Å². The maximum absolute atomic E-state index is 6.14. The Morgan fingerprint density at radius 2 is 1.38 bits per heavy atom. The lowest BCUT2D eigenvalue weighted by molar-refractivity contribution is -0.0139. The van der Waals surface area contributed by atoms with E-state index in [9.17, 15) is 0 Å². The van der Waals surface area contributed by atoms with Gasteiger partial charge in [0.1, 0.15) is 12.2 Å². The van der Waals surface area contributed by atoms with Gasteiger partial charge >= 0.3 is 0 Å². The van der Waals surface area contributed by atoms with Gasteiger partial charge in [0.25, 0.3) is 8.32 Å². The molecule has 21 heavy (non-hydrogen) atoms. The molecule has 2 atom stereocenters. The molecule has 118 valence electrons. The largest absolute Gasteiger partial charge is 0.398 e.